The Morgan fingerprint density at radius 3 is 3.00 bits per heavy atom. The van der Waals surface area contributed by atoms with Crippen molar-refractivity contribution >= 4 is 17.7 Å². The molecule has 0 atom stereocenters. The van der Waals surface area contributed by atoms with E-state index in [1.807, 2.05) is 0 Å². The zero-order chi connectivity index (χ0) is 10.1. The molecule has 70 valence electrons. The summed E-state index contributed by atoms with van der Waals surface area (Å²) < 4.78 is 1.51. The predicted octanol–water partition coefficient (Wildman–Crippen LogP) is 0.246. The third kappa shape index (κ3) is 1.15. The minimum absolute atomic E-state index is 0.362. The molecule has 0 aliphatic carbocycles. The van der Waals surface area contributed by atoms with Gasteiger partial charge in [-0.15, -0.1) is 0 Å². The molecule has 0 aliphatic heterocycles. The summed E-state index contributed by atoms with van der Waals surface area (Å²) in [5, 5.41) is 3.92. The molecule has 2 aromatic rings. The molecule has 2 N–H and O–H groups in total. The first kappa shape index (κ1) is 8.43. The second-order valence-corrected chi connectivity index (χ2v) is 2.83. The van der Waals surface area contributed by atoms with Gasteiger partial charge in [-0.2, -0.15) is 5.10 Å². The first-order chi connectivity index (χ1) is 6.72. The van der Waals surface area contributed by atoms with E-state index in [9.17, 15) is 9.59 Å². The smallest absolute Gasteiger partial charge is 0.248 e. The summed E-state index contributed by atoms with van der Waals surface area (Å²) in [5.74, 6) is -0.523. The third-order valence-corrected chi connectivity index (χ3v) is 1.96. The van der Waals surface area contributed by atoms with Gasteiger partial charge in [0.1, 0.15) is 0 Å². The molecular formula is C9H7N3O2. The summed E-state index contributed by atoms with van der Waals surface area (Å²) in [6, 6.07) is 3.09. The molecule has 0 saturated carbocycles. The van der Waals surface area contributed by atoms with E-state index in [2.05, 4.69) is 5.10 Å². The van der Waals surface area contributed by atoms with Crippen molar-refractivity contribution in [2.24, 2.45) is 5.73 Å². The highest BCUT2D eigenvalue weighted by Gasteiger charge is 2.06. The van der Waals surface area contributed by atoms with Crippen molar-refractivity contribution in [3.05, 3.63) is 35.7 Å². The summed E-state index contributed by atoms with van der Waals surface area (Å²) in [6.45, 7) is 0. The molecule has 2 rings (SSSR count). The molecule has 5 heteroatoms. The fraction of sp³-hybridized carbons (Fsp3) is 0. The van der Waals surface area contributed by atoms with Gasteiger partial charge in [0, 0.05) is 11.8 Å². The summed E-state index contributed by atoms with van der Waals surface area (Å²) in [5.41, 5.74) is 6.49. The van der Waals surface area contributed by atoms with E-state index in [-0.39, 0.29) is 0 Å². The van der Waals surface area contributed by atoms with E-state index in [1.165, 1.54) is 10.7 Å². The fourth-order valence-corrected chi connectivity index (χ4v) is 1.24. The number of hydrogen-bond donors (Lipinski definition) is 1. The van der Waals surface area contributed by atoms with Crippen molar-refractivity contribution < 1.29 is 9.59 Å². The second-order valence-electron chi connectivity index (χ2n) is 2.83. The molecule has 0 saturated heterocycles. The highest BCUT2D eigenvalue weighted by atomic mass is 16.1. The molecule has 0 fully saturated rings. The van der Waals surface area contributed by atoms with E-state index in [0.29, 0.717) is 22.9 Å². The normalized spacial score (nSPS) is 10.3. The van der Waals surface area contributed by atoms with Gasteiger partial charge in [0.25, 0.3) is 0 Å². The van der Waals surface area contributed by atoms with Gasteiger partial charge < -0.3 is 5.73 Å². The lowest BCUT2D eigenvalue weighted by Gasteiger charge is -1.96. The lowest BCUT2D eigenvalue weighted by molar-refractivity contribution is 0.0999. The Hall–Kier alpha value is -2.17. The Morgan fingerprint density at radius 2 is 2.36 bits per heavy atom. The third-order valence-electron chi connectivity index (χ3n) is 1.96. The predicted molar refractivity (Wildman–Crippen MR) is 49.1 cm³/mol. The standard InChI is InChI=1S/C9H7N3O2/c10-9(14)6-1-2-12-8(3-6)7(5-13)4-11-12/h1-5H,(H2,10,14). The fourth-order valence-electron chi connectivity index (χ4n) is 1.24. The van der Waals surface area contributed by atoms with Crippen LogP contribution in [0.3, 0.4) is 0 Å². The number of nitrogens with zero attached hydrogens (tertiary/aromatic N) is 2. The van der Waals surface area contributed by atoms with Crippen molar-refractivity contribution in [1.82, 2.24) is 9.61 Å². The van der Waals surface area contributed by atoms with Crippen molar-refractivity contribution in [1.29, 1.82) is 0 Å². The molecular weight excluding hydrogens is 182 g/mol. The highest BCUT2D eigenvalue weighted by molar-refractivity contribution is 5.95. The Labute approximate surface area is 79.1 Å². The number of nitrogens with two attached hydrogens (primary N) is 1. The van der Waals surface area contributed by atoms with Crippen LogP contribution >= 0.6 is 0 Å². The van der Waals surface area contributed by atoms with Crippen molar-refractivity contribution in [3.63, 3.8) is 0 Å². The average molecular weight is 189 g/mol. The summed E-state index contributed by atoms with van der Waals surface area (Å²) in [6.07, 6.45) is 3.71. The zero-order valence-corrected chi connectivity index (χ0v) is 7.18. The molecule has 14 heavy (non-hydrogen) atoms. The number of hydrogen-bond acceptors (Lipinski definition) is 3. The lowest BCUT2D eigenvalue weighted by Crippen LogP contribution is -2.11. The second kappa shape index (κ2) is 2.95. The van der Waals surface area contributed by atoms with Crippen LogP contribution in [0.5, 0.6) is 0 Å². The van der Waals surface area contributed by atoms with Crippen LogP contribution in [-0.2, 0) is 0 Å². The van der Waals surface area contributed by atoms with E-state index in [4.69, 9.17) is 5.73 Å². The number of rotatable bonds is 2. The average Bonchev–Trinajstić information content (AvgIpc) is 2.59. The minimum Gasteiger partial charge on any atom is -0.366 e. The van der Waals surface area contributed by atoms with Crippen LogP contribution in [0.2, 0.25) is 0 Å². The van der Waals surface area contributed by atoms with E-state index < -0.39 is 5.91 Å². The molecule has 0 unspecified atom stereocenters. The SMILES string of the molecule is NC(=O)c1ccn2ncc(C=O)c2c1. The molecule has 0 spiro atoms. The van der Waals surface area contributed by atoms with Crippen molar-refractivity contribution in [2.45, 2.75) is 0 Å². The maximum Gasteiger partial charge on any atom is 0.248 e. The number of carbonyl (C=O) groups is 2. The Bertz CT molecular complexity index is 516. The van der Waals surface area contributed by atoms with Gasteiger partial charge in [0.15, 0.2) is 6.29 Å². The molecule has 0 bridgehead atoms. The number of pyridine rings is 1. The molecule has 1 amide bonds. The highest BCUT2D eigenvalue weighted by Crippen LogP contribution is 2.10. The van der Waals surface area contributed by atoms with E-state index in [0.717, 1.165) is 0 Å². The quantitative estimate of drug-likeness (QED) is 0.687. The monoisotopic (exact) mass is 189 g/mol. The maximum atomic E-state index is 10.9. The number of primary amides is 1. The first-order valence-corrected chi connectivity index (χ1v) is 3.95. The molecule has 0 aliphatic rings. The Balaban J connectivity index is 2.73. The molecule has 5 nitrogen and oxygen atoms in total. The van der Waals surface area contributed by atoms with Gasteiger partial charge in [-0.1, -0.05) is 0 Å². The van der Waals surface area contributed by atoms with Crippen LogP contribution < -0.4 is 5.73 Å². The van der Waals surface area contributed by atoms with Gasteiger partial charge in [0.05, 0.1) is 17.3 Å². The lowest BCUT2D eigenvalue weighted by atomic mass is 10.2. The first-order valence-electron chi connectivity index (χ1n) is 3.95. The van der Waals surface area contributed by atoms with Gasteiger partial charge in [0.2, 0.25) is 5.91 Å². The van der Waals surface area contributed by atoms with Crippen molar-refractivity contribution in [3.8, 4) is 0 Å². The van der Waals surface area contributed by atoms with Gasteiger partial charge in [-0.3, -0.25) is 9.59 Å². The van der Waals surface area contributed by atoms with Gasteiger partial charge in [-0.05, 0) is 12.1 Å². The largest absolute Gasteiger partial charge is 0.366 e. The number of aromatic nitrogens is 2. The van der Waals surface area contributed by atoms with Gasteiger partial charge >= 0.3 is 0 Å². The van der Waals surface area contributed by atoms with Crippen LogP contribution in [-0.4, -0.2) is 21.8 Å². The van der Waals surface area contributed by atoms with Crippen molar-refractivity contribution in [2.75, 3.05) is 0 Å². The van der Waals surface area contributed by atoms with Crippen LogP contribution in [0.1, 0.15) is 20.7 Å². The molecule has 2 aromatic heterocycles. The topological polar surface area (TPSA) is 77.5 Å². The number of aldehydes is 1. The Morgan fingerprint density at radius 1 is 1.57 bits per heavy atom. The maximum absolute atomic E-state index is 10.9. The molecule has 0 radical (unpaired) electrons. The Kier molecular flexibility index (Phi) is 1.78. The number of fused-ring (bicyclic) bond motifs is 1. The number of carbonyl (C=O) groups excluding carboxylic acids is 2. The van der Waals surface area contributed by atoms with E-state index in [1.54, 1.807) is 18.3 Å². The summed E-state index contributed by atoms with van der Waals surface area (Å²) >= 11 is 0. The van der Waals surface area contributed by atoms with Crippen LogP contribution in [0.15, 0.2) is 24.5 Å². The molecule has 0 aromatic carbocycles. The number of amides is 1. The molecule has 2 heterocycles. The van der Waals surface area contributed by atoms with E-state index >= 15 is 0 Å². The summed E-state index contributed by atoms with van der Waals surface area (Å²) in [4.78, 5) is 21.5. The van der Waals surface area contributed by atoms with Gasteiger partial charge in [-0.25, -0.2) is 4.52 Å². The minimum atomic E-state index is -0.523. The van der Waals surface area contributed by atoms with Crippen LogP contribution in [0.4, 0.5) is 0 Å². The van der Waals surface area contributed by atoms with Crippen LogP contribution in [0, 0.1) is 0 Å². The van der Waals surface area contributed by atoms with Crippen LogP contribution in [0.25, 0.3) is 5.52 Å². The summed E-state index contributed by atoms with van der Waals surface area (Å²) in [7, 11) is 0. The zero-order valence-electron chi connectivity index (χ0n) is 7.18.